The molecule has 0 aliphatic rings. The van der Waals surface area contributed by atoms with Crippen LogP contribution in [0.2, 0.25) is 0 Å². The number of rotatable bonds is 0. The van der Waals surface area contributed by atoms with Gasteiger partial charge in [-0.25, -0.2) is 0 Å². The number of hydrogen-bond donors (Lipinski definition) is 1. The van der Waals surface area contributed by atoms with E-state index in [4.69, 9.17) is 19.8 Å². The molecule has 15 heavy (non-hydrogen) atoms. The van der Waals surface area contributed by atoms with Gasteiger partial charge >= 0.3 is 65.1 Å². The summed E-state index contributed by atoms with van der Waals surface area (Å²) in [7, 11) is 0. The van der Waals surface area contributed by atoms with Gasteiger partial charge in [0.05, 0.1) is 0 Å². The maximum atomic E-state index is 9.47. The Morgan fingerprint density at radius 3 is 1.00 bits per heavy atom. The molecule has 7 nitrogen and oxygen atoms in total. The van der Waals surface area contributed by atoms with Gasteiger partial charge in [0.1, 0.15) is 0 Å². The van der Waals surface area contributed by atoms with Gasteiger partial charge in [0.25, 0.3) is 0 Å². The summed E-state index contributed by atoms with van der Waals surface area (Å²) in [5.74, 6) is 1.69. The van der Waals surface area contributed by atoms with Gasteiger partial charge in [-0.15, -0.1) is 0 Å². The average Bonchev–Trinajstić information content (AvgIpc) is 1.84. The van der Waals surface area contributed by atoms with Crippen LogP contribution in [0.5, 0.6) is 0 Å². The molecule has 0 radical (unpaired) electrons. The molecule has 0 saturated carbocycles. The monoisotopic (exact) mass is 239 g/mol. The van der Waals surface area contributed by atoms with E-state index in [9.17, 15) is 4.79 Å². The summed E-state index contributed by atoms with van der Waals surface area (Å²) in [6.07, 6.45) is 0. The van der Waals surface area contributed by atoms with Crippen LogP contribution in [0.1, 0.15) is 20.8 Å². The molecule has 2 N–H and O–H groups in total. The fraction of sp³-hybridized carbons (Fsp3) is 0.500. The van der Waals surface area contributed by atoms with Crippen LogP contribution in [0.3, 0.4) is 0 Å². The minimum atomic E-state index is -1.08. The topological polar surface area (TPSA) is 133 Å². The summed E-state index contributed by atoms with van der Waals surface area (Å²) in [6.45, 7) is 3.18. The van der Waals surface area contributed by atoms with Crippen LogP contribution in [0.25, 0.3) is 0 Å². The maximum Gasteiger partial charge on any atom is 1.00 e. The Labute approximate surface area is 132 Å². The zero-order valence-electron chi connectivity index (χ0n) is 9.53. The van der Waals surface area contributed by atoms with E-state index in [0.717, 1.165) is 13.8 Å². The molecule has 0 atom stereocenters. The van der Waals surface area contributed by atoms with E-state index >= 15 is 0 Å². The summed E-state index contributed by atoms with van der Waals surface area (Å²) in [5, 5.41) is 17.8. The molecule has 9 heteroatoms. The molecule has 0 aromatic heterocycles. The van der Waals surface area contributed by atoms with Gasteiger partial charge < -0.3 is 24.6 Å². The Morgan fingerprint density at radius 2 is 1.00 bits per heavy atom. The van der Waals surface area contributed by atoms with Gasteiger partial charge in [-0.1, -0.05) is 0 Å². The van der Waals surface area contributed by atoms with E-state index in [0.29, 0.717) is 0 Å². The summed E-state index contributed by atoms with van der Waals surface area (Å²) in [5.41, 5.74) is 0. The molecule has 0 saturated heterocycles. The average molecular weight is 239 g/mol. The first kappa shape index (κ1) is 29.5. The van der Waals surface area contributed by atoms with Crippen molar-refractivity contribution in [1.29, 1.82) is 0 Å². The van der Waals surface area contributed by atoms with Crippen LogP contribution in [0, 0.1) is 0 Å². The van der Waals surface area contributed by atoms with Crippen LogP contribution in [-0.4, -0.2) is 17.9 Å². The normalized spacial score (nSPS) is 5.60. The summed E-state index contributed by atoms with van der Waals surface area (Å²) in [6, 6.07) is 0. The van der Waals surface area contributed by atoms with E-state index in [-0.39, 0.29) is 59.1 Å². The van der Waals surface area contributed by atoms with Crippen LogP contribution in [-0.2, 0) is 19.2 Å². The Hall–Kier alpha value is 0.370. The number of aliphatic carboxylic acids is 2. The van der Waals surface area contributed by atoms with E-state index < -0.39 is 17.9 Å². The third-order valence-electron chi connectivity index (χ3n) is 0.166. The number of carbonyl (C=O) groups excluding carboxylic acids is 3. The Kier molecular flexibility index (Phi) is 47.0. The fourth-order valence-corrected chi connectivity index (χ4v) is 0. The summed E-state index contributed by atoms with van der Waals surface area (Å²) >= 11 is 0. The molecule has 0 aromatic carbocycles. The first-order valence-corrected chi connectivity index (χ1v) is 2.96. The largest absolute Gasteiger partial charge is 1.00 e. The van der Waals surface area contributed by atoms with Gasteiger partial charge in [0.15, 0.2) is 0 Å². The molecule has 0 fully saturated rings. The molecular weight excluding hydrogens is 228 g/mol. The third-order valence-corrected chi connectivity index (χ3v) is 0.166. The van der Waals surface area contributed by atoms with Gasteiger partial charge in [0, 0.05) is 18.9 Å². The second kappa shape index (κ2) is 23.9. The molecule has 78 valence electrons. The van der Waals surface area contributed by atoms with E-state index in [1.165, 1.54) is 6.92 Å². The standard InChI is InChI=1S/C2H5NO2.2C2H4O2.2Na/c1-2(4)5-3;2*1-2(3)4;;/h3H2,1H3;2*1H3,(H,3,4);;/q;;;2*+1/p-2. The van der Waals surface area contributed by atoms with Crippen molar-refractivity contribution in [2.24, 2.45) is 5.90 Å². The van der Waals surface area contributed by atoms with Crippen LogP contribution in [0.15, 0.2) is 0 Å². The van der Waals surface area contributed by atoms with Crippen LogP contribution >= 0.6 is 0 Å². The number of hydrogen-bond acceptors (Lipinski definition) is 7. The second-order valence-electron chi connectivity index (χ2n) is 1.59. The molecule has 0 aromatic rings. The number of carbonyl (C=O) groups is 3. The van der Waals surface area contributed by atoms with E-state index in [1.807, 2.05) is 0 Å². The quantitative estimate of drug-likeness (QED) is 0.327. The third kappa shape index (κ3) is 391. The van der Waals surface area contributed by atoms with Crippen molar-refractivity contribution in [3.8, 4) is 0 Å². The molecule has 0 rings (SSSR count). The molecule has 0 spiro atoms. The van der Waals surface area contributed by atoms with Crippen molar-refractivity contribution in [2.45, 2.75) is 20.8 Å². The Bertz CT molecular complexity index is 155. The Morgan fingerprint density at radius 1 is 0.933 bits per heavy atom. The van der Waals surface area contributed by atoms with Gasteiger partial charge in [-0.2, -0.15) is 5.90 Å². The Balaban J connectivity index is -0.0000000315. The number of carboxylic acid groups (broad SMARTS) is 2. The molecule has 0 bridgehead atoms. The fourth-order valence-electron chi connectivity index (χ4n) is 0. The first-order valence-electron chi connectivity index (χ1n) is 2.96. The predicted octanol–water partition coefficient (Wildman–Crippen LogP) is -9.06. The zero-order chi connectivity index (χ0) is 11.4. The minimum Gasteiger partial charge on any atom is -0.550 e. The van der Waals surface area contributed by atoms with Crippen molar-refractivity contribution in [1.82, 2.24) is 0 Å². The van der Waals surface area contributed by atoms with Gasteiger partial charge in [-0.3, -0.25) is 4.79 Å². The molecule has 0 unspecified atom stereocenters. The van der Waals surface area contributed by atoms with Crippen LogP contribution < -0.4 is 75.2 Å². The maximum absolute atomic E-state index is 9.47. The van der Waals surface area contributed by atoms with Crippen LogP contribution in [0.4, 0.5) is 0 Å². The van der Waals surface area contributed by atoms with E-state index in [1.54, 1.807) is 0 Å². The van der Waals surface area contributed by atoms with Gasteiger partial charge in [-0.05, 0) is 13.8 Å². The first-order chi connectivity index (χ1) is 5.73. The number of nitrogens with two attached hydrogens (primary N) is 1. The second-order valence-corrected chi connectivity index (χ2v) is 1.59. The van der Waals surface area contributed by atoms with Crippen molar-refractivity contribution < 1.29 is 88.5 Å². The number of carboxylic acids is 2. The molecular formula is C6H11NNa2O6. The minimum absolute atomic E-state index is 0. The van der Waals surface area contributed by atoms with E-state index in [2.05, 4.69) is 10.7 Å². The van der Waals surface area contributed by atoms with Crippen molar-refractivity contribution >= 4 is 17.9 Å². The zero-order valence-corrected chi connectivity index (χ0v) is 13.5. The SMILES string of the molecule is CC(=O)ON.CC(=O)[O-].CC(=O)[O-].[Na+].[Na+]. The molecule has 0 amide bonds. The predicted molar refractivity (Wildman–Crippen MR) is 37.3 cm³/mol. The van der Waals surface area contributed by atoms with Crippen molar-refractivity contribution in [3.05, 3.63) is 0 Å². The van der Waals surface area contributed by atoms with Crippen molar-refractivity contribution in [3.63, 3.8) is 0 Å². The molecule has 0 aliphatic carbocycles. The smallest absolute Gasteiger partial charge is 0.550 e. The molecule has 0 aliphatic heterocycles. The summed E-state index contributed by atoms with van der Waals surface area (Å²) in [4.78, 5) is 30.9. The summed E-state index contributed by atoms with van der Waals surface area (Å²) < 4.78 is 0. The molecule has 0 heterocycles. The van der Waals surface area contributed by atoms with Gasteiger partial charge in [0.2, 0.25) is 0 Å². The van der Waals surface area contributed by atoms with Crippen molar-refractivity contribution in [2.75, 3.05) is 0 Å².